The molecule has 5 heteroatoms. The van der Waals surface area contributed by atoms with Gasteiger partial charge in [0, 0.05) is 11.3 Å². The van der Waals surface area contributed by atoms with Crippen LogP contribution in [0.5, 0.6) is 0 Å². The molecule has 0 fully saturated rings. The fraction of sp³-hybridized carbons (Fsp3) is 0.0435. The molecule has 5 nitrogen and oxygen atoms in total. The van der Waals surface area contributed by atoms with Crippen molar-refractivity contribution in [2.75, 3.05) is 5.43 Å². The molecule has 0 bridgehead atoms. The van der Waals surface area contributed by atoms with Gasteiger partial charge < -0.3 is 0 Å². The second kappa shape index (κ2) is 7.80. The fourth-order valence-electron chi connectivity index (χ4n) is 3.08. The smallest absolute Gasteiger partial charge is 0.281 e. The van der Waals surface area contributed by atoms with Crippen LogP contribution in [0.2, 0.25) is 0 Å². The predicted octanol–water partition coefficient (Wildman–Crippen LogP) is 4.34. The van der Waals surface area contributed by atoms with Crippen LogP contribution < -0.4 is 11.0 Å². The van der Waals surface area contributed by atoms with Crippen molar-refractivity contribution in [3.8, 4) is 5.69 Å². The Morgan fingerprint density at radius 1 is 0.857 bits per heavy atom. The Labute approximate surface area is 163 Å². The topological polar surface area (TPSA) is 62.2 Å². The third kappa shape index (κ3) is 3.50. The number of aromatic nitrogens is 2. The third-order valence-electron chi connectivity index (χ3n) is 4.44. The average molecular weight is 368 g/mol. The predicted molar refractivity (Wildman–Crippen MR) is 113 cm³/mol. The molecule has 0 spiro atoms. The standard InChI is InChI=1S/C23H20N4O/c1-17-21(23(28)27(26-17)20-15-9-4-10-16-20)22(18-11-5-2-6-12-18)25-24-19-13-7-3-8-14-19/h2-16,24,26H,1H3/b25-22+. The number of nitrogens with one attached hydrogen (secondary N) is 2. The van der Waals surface area contributed by atoms with Crippen molar-refractivity contribution in [1.82, 2.24) is 9.78 Å². The molecule has 0 aliphatic carbocycles. The molecule has 0 aliphatic rings. The lowest BCUT2D eigenvalue weighted by molar-refractivity contribution is 0.835. The van der Waals surface area contributed by atoms with E-state index in [1.165, 1.54) is 0 Å². The average Bonchev–Trinajstić information content (AvgIpc) is 3.05. The summed E-state index contributed by atoms with van der Waals surface area (Å²) in [6.45, 7) is 1.89. The van der Waals surface area contributed by atoms with Gasteiger partial charge in [-0.3, -0.25) is 15.3 Å². The van der Waals surface area contributed by atoms with Gasteiger partial charge in [-0.2, -0.15) is 5.10 Å². The second-order valence-corrected chi connectivity index (χ2v) is 6.39. The summed E-state index contributed by atoms with van der Waals surface area (Å²) >= 11 is 0. The van der Waals surface area contributed by atoms with E-state index < -0.39 is 0 Å². The molecule has 0 saturated carbocycles. The maximum Gasteiger partial charge on any atom is 0.281 e. The van der Waals surface area contributed by atoms with Crippen molar-refractivity contribution >= 4 is 11.4 Å². The number of hydrazone groups is 1. The molecule has 4 aromatic rings. The number of hydrogen-bond acceptors (Lipinski definition) is 3. The van der Waals surface area contributed by atoms with Crippen LogP contribution in [0.25, 0.3) is 5.69 Å². The van der Waals surface area contributed by atoms with E-state index in [4.69, 9.17) is 0 Å². The third-order valence-corrected chi connectivity index (χ3v) is 4.44. The van der Waals surface area contributed by atoms with Crippen LogP contribution in [0.1, 0.15) is 16.8 Å². The Kier molecular flexibility index (Phi) is 4.89. The highest BCUT2D eigenvalue weighted by atomic mass is 16.1. The summed E-state index contributed by atoms with van der Waals surface area (Å²) in [6.07, 6.45) is 0. The van der Waals surface area contributed by atoms with Gasteiger partial charge in [0.15, 0.2) is 0 Å². The SMILES string of the molecule is Cc1[nH]n(-c2ccccc2)c(=O)c1/C(=N/Nc1ccccc1)c1ccccc1. The van der Waals surface area contributed by atoms with E-state index >= 15 is 0 Å². The first-order chi connectivity index (χ1) is 13.7. The number of H-pyrrole nitrogens is 1. The van der Waals surface area contributed by atoms with Crippen LogP contribution in [0.15, 0.2) is 101 Å². The molecule has 1 heterocycles. The lowest BCUT2D eigenvalue weighted by atomic mass is 10.0. The monoisotopic (exact) mass is 368 g/mol. The summed E-state index contributed by atoms with van der Waals surface area (Å²) in [5.74, 6) is 0. The first-order valence-electron chi connectivity index (χ1n) is 9.05. The highest BCUT2D eigenvalue weighted by Crippen LogP contribution is 2.14. The summed E-state index contributed by atoms with van der Waals surface area (Å²) < 4.78 is 1.55. The van der Waals surface area contributed by atoms with E-state index in [-0.39, 0.29) is 5.56 Å². The van der Waals surface area contributed by atoms with Crippen LogP contribution in [0, 0.1) is 6.92 Å². The zero-order chi connectivity index (χ0) is 19.3. The maximum absolute atomic E-state index is 13.2. The van der Waals surface area contributed by atoms with Crippen LogP contribution in [0.3, 0.4) is 0 Å². The Morgan fingerprint density at radius 2 is 1.43 bits per heavy atom. The highest BCUT2D eigenvalue weighted by molar-refractivity contribution is 6.13. The van der Waals surface area contributed by atoms with Gasteiger partial charge in [-0.15, -0.1) is 0 Å². The van der Waals surface area contributed by atoms with Crippen molar-refractivity contribution in [3.63, 3.8) is 0 Å². The number of rotatable bonds is 5. The number of hydrogen-bond donors (Lipinski definition) is 2. The van der Waals surface area contributed by atoms with Gasteiger partial charge in [0.05, 0.1) is 16.9 Å². The Hall–Kier alpha value is -3.86. The van der Waals surface area contributed by atoms with E-state index in [1.54, 1.807) is 4.68 Å². The molecule has 3 aromatic carbocycles. The highest BCUT2D eigenvalue weighted by Gasteiger charge is 2.19. The number of aryl methyl sites for hydroxylation is 1. The van der Waals surface area contributed by atoms with Crippen molar-refractivity contribution in [2.24, 2.45) is 5.10 Å². The van der Waals surface area contributed by atoms with Crippen LogP contribution in [-0.4, -0.2) is 15.5 Å². The van der Waals surface area contributed by atoms with Crippen molar-refractivity contribution in [2.45, 2.75) is 6.92 Å². The summed E-state index contributed by atoms with van der Waals surface area (Å²) in [5.41, 5.74) is 7.33. The molecule has 28 heavy (non-hydrogen) atoms. The van der Waals surface area contributed by atoms with Crippen LogP contribution >= 0.6 is 0 Å². The molecule has 0 aliphatic heterocycles. The van der Waals surface area contributed by atoms with Crippen LogP contribution in [-0.2, 0) is 0 Å². The molecule has 4 rings (SSSR count). The lowest BCUT2D eigenvalue weighted by Gasteiger charge is -2.07. The summed E-state index contributed by atoms with van der Waals surface area (Å²) in [5, 5.41) is 7.77. The van der Waals surface area contributed by atoms with Gasteiger partial charge in [0.1, 0.15) is 5.71 Å². The normalized spacial score (nSPS) is 11.4. The van der Waals surface area contributed by atoms with Gasteiger partial charge in [-0.05, 0) is 31.2 Å². The molecular weight excluding hydrogens is 348 g/mol. The maximum atomic E-state index is 13.2. The van der Waals surface area contributed by atoms with Gasteiger partial charge >= 0.3 is 0 Å². The second-order valence-electron chi connectivity index (χ2n) is 6.39. The minimum Gasteiger partial charge on any atom is -0.295 e. The fourth-order valence-corrected chi connectivity index (χ4v) is 3.08. The lowest BCUT2D eigenvalue weighted by Crippen LogP contribution is -2.22. The number of benzene rings is 3. The first-order valence-corrected chi connectivity index (χ1v) is 9.05. The minimum atomic E-state index is -0.138. The zero-order valence-corrected chi connectivity index (χ0v) is 15.5. The van der Waals surface area contributed by atoms with E-state index in [2.05, 4.69) is 15.6 Å². The zero-order valence-electron chi connectivity index (χ0n) is 15.5. The molecule has 0 atom stereocenters. The Morgan fingerprint density at radius 3 is 2.07 bits per heavy atom. The van der Waals surface area contributed by atoms with Crippen molar-refractivity contribution in [1.29, 1.82) is 0 Å². The van der Waals surface area contributed by atoms with Crippen molar-refractivity contribution in [3.05, 3.63) is 118 Å². The van der Waals surface area contributed by atoms with Crippen LogP contribution in [0.4, 0.5) is 5.69 Å². The number of aromatic amines is 1. The van der Waals surface area contributed by atoms with E-state index in [1.807, 2.05) is 97.9 Å². The molecule has 0 unspecified atom stereocenters. The van der Waals surface area contributed by atoms with Gasteiger partial charge in [-0.25, -0.2) is 4.68 Å². The number of para-hydroxylation sites is 2. The minimum absolute atomic E-state index is 0.138. The van der Waals surface area contributed by atoms with Gasteiger partial charge in [0.25, 0.3) is 5.56 Å². The summed E-state index contributed by atoms with van der Waals surface area (Å²) in [7, 11) is 0. The van der Waals surface area contributed by atoms with Gasteiger partial charge in [0.2, 0.25) is 0 Å². The molecule has 138 valence electrons. The largest absolute Gasteiger partial charge is 0.295 e. The van der Waals surface area contributed by atoms with Crippen molar-refractivity contribution < 1.29 is 0 Å². The summed E-state index contributed by atoms with van der Waals surface area (Å²) in [4.78, 5) is 13.2. The number of anilines is 1. The molecule has 1 aromatic heterocycles. The van der Waals surface area contributed by atoms with E-state index in [0.717, 1.165) is 22.6 Å². The van der Waals surface area contributed by atoms with Gasteiger partial charge in [-0.1, -0.05) is 66.7 Å². The number of nitrogens with zero attached hydrogens (tertiary/aromatic N) is 2. The Bertz CT molecular complexity index is 1140. The quantitative estimate of drug-likeness (QED) is 0.407. The molecule has 2 N–H and O–H groups in total. The molecule has 0 saturated heterocycles. The van der Waals surface area contributed by atoms with E-state index in [0.29, 0.717) is 11.3 Å². The Balaban J connectivity index is 1.84. The first kappa shape index (κ1) is 17.5. The molecule has 0 amide bonds. The van der Waals surface area contributed by atoms with E-state index in [9.17, 15) is 4.79 Å². The molecular formula is C23H20N4O. The molecule has 0 radical (unpaired) electrons. The summed E-state index contributed by atoms with van der Waals surface area (Å²) in [6, 6.07) is 28.9.